The third-order valence-electron chi connectivity index (χ3n) is 3.94. The molecule has 2 rings (SSSR count). The van der Waals surface area contributed by atoms with Crippen LogP contribution < -0.4 is 15.9 Å². The number of hydrogen-bond acceptors (Lipinski definition) is 8. The third-order valence-corrected chi connectivity index (χ3v) is 5.01. The van der Waals surface area contributed by atoms with Crippen molar-refractivity contribution in [3.63, 3.8) is 0 Å². The lowest BCUT2D eigenvalue weighted by Crippen LogP contribution is -2.32. The van der Waals surface area contributed by atoms with Crippen LogP contribution in [0.3, 0.4) is 0 Å². The minimum Gasteiger partial charge on any atom is -0.733 e. The molecule has 3 N–H and O–H groups in total. The standard InChI is InChI=1S/C19H24N3O5S/c1-3-4-14-11-17(28-13(14)2)19(24)27-12-18(23)21-10-9-20-15-5-7-16(8-6-15)22(25)26/h5-8,11,20,25H,3-4,9-10,12H2,1-2H3,(H,21,23)/q-1. The van der Waals surface area contributed by atoms with Crippen molar-refractivity contribution in [1.29, 1.82) is 0 Å². The zero-order chi connectivity index (χ0) is 20.5. The van der Waals surface area contributed by atoms with Crippen molar-refractivity contribution in [3.8, 4) is 0 Å². The molecule has 1 aromatic carbocycles. The van der Waals surface area contributed by atoms with Gasteiger partial charge in [-0.05, 0) is 49.2 Å². The first-order chi connectivity index (χ1) is 13.4. The number of thiophene rings is 1. The Labute approximate surface area is 167 Å². The van der Waals surface area contributed by atoms with Gasteiger partial charge in [-0.25, -0.2) is 4.79 Å². The molecule has 9 heteroatoms. The topological polar surface area (TPSA) is 114 Å². The van der Waals surface area contributed by atoms with Gasteiger partial charge in [-0.2, -0.15) is 0 Å². The van der Waals surface area contributed by atoms with Gasteiger partial charge in [0.25, 0.3) is 5.91 Å². The van der Waals surface area contributed by atoms with Crippen LogP contribution in [0, 0.1) is 12.1 Å². The second-order valence-corrected chi connectivity index (χ2v) is 7.37. The first-order valence-corrected chi connectivity index (χ1v) is 9.75. The average Bonchev–Trinajstić information content (AvgIpc) is 3.04. The number of nitrogens with zero attached hydrogens (tertiary/aromatic N) is 1. The van der Waals surface area contributed by atoms with E-state index in [-0.39, 0.29) is 23.4 Å². The number of benzene rings is 1. The molecule has 8 nitrogen and oxygen atoms in total. The Balaban J connectivity index is 1.67. The van der Waals surface area contributed by atoms with Crippen molar-refractivity contribution in [2.75, 3.05) is 30.2 Å². The lowest BCUT2D eigenvalue weighted by Gasteiger charge is -2.21. The van der Waals surface area contributed by atoms with Crippen molar-refractivity contribution in [1.82, 2.24) is 5.32 Å². The fourth-order valence-corrected chi connectivity index (χ4v) is 3.47. The summed E-state index contributed by atoms with van der Waals surface area (Å²) in [5.74, 6) is -0.866. The highest BCUT2D eigenvalue weighted by Crippen LogP contribution is 2.23. The number of aryl methyl sites for hydroxylation is 2. The number of anilines is 2. The van der Waals surface area contributed by atoms with E-state index >= 15 is 0 Å². The molecule has 0 spiro atoms. The van der Waals surface area contributed by atoms with Gasteiger partial charge in [0, 0.05) is 23.7 Å². The second kappa shape index (κ2) is 10.6. The number of nitrogens with one attached hydrogen (secondary N) is 2. The predicted octanol–water partition coefficient (Wildman–Crippen LogP) is 3.09. The number of esters is 1. The summed E-state index contributed by atoms with van der Waals surface area (Å²) >= 11 is 1.38. The summed E-state index contributed by atoms with van der Waals surface area (Å²) in [5, 5.41) is 25.0. The van der Waals surface area contributed by atoms with Gasteiger partial charge in [-0.15, -0.1) is 11.3 Å². The van der Waals surface area contributed by atoms with Crippen molar-refractivity contribution in [2.45, 2.75) is 26.7 Å². The van der Waals surface area contributed by atoms with E-state index < -0.39 is 5.97 Å². The minimum atomic E-state index is -0.486. The molecule has 0 unspecified atom stereocenters. The smallest absolute Gasteiger partial charge is 0.348 e. The van der Waals surface area contributed by atoms with E-state index in [2.05, 4.69) is 17.6 Å². The molecule has 0 radical (unpaired) electrons. The molecular formula is C19H24N3O5S-. The quantitative estimate of drug-likeness (QED) is 0.316. The fourth-order valence-electron chi connectivity index (χ4n) is 2.51. The van der Waals surface area contributed by atoms with Gasteiger partial charge in [0.1, 0.15) is 4.88 Å². The van der Waals surface area contributed by atoms with Gasteiger partial charge in [-0.1, -0.05) is 13.3 Å². The van der Waals surface area contributed by atoms with E-state index in [4.69, 9.17) is 9.94 Å². The monoisotopic (exact) mass is 406 g/mol. The first kappa shape index (κ1) is 21.7. The van der Waals surface area contributed by atoms with Crippen molar-refractivity contribution in [2.24, 2.45) is 0 Å². The van der Waals surface area contributed by atoms with Crippen LogP contribution in [0.2, 0.25) is 0 Å². The van der Waals surface area contributed by atoms with Crippen LogP contribution in [-0.2, 0) is 16.0 Å². The summed E-state index contributed by atoms with van der Waals surface area (Å²) in [6.45, 7) is 4.51. The van der Waals surface area contributed by atoms with Crippen molar-refractivity contribution in [3.05, 3.63) is 50.9 Å². The van der Waals surface area contributed by atoms with Crippen LogP contribution in [0.15, 0.2) is 30.3 Å². The number of ether oxygens (including phenoxy) is 1. The second-order valence-electron chi connectivity index (χ2n) is 6.11. The molecule has 0 aliphatic rings. The Bertz CT molecular complexity index is 789. The maximum Gasteiger partial charge on any atom is 0.348 e. The number of carbonyl (C=O) groups excluding carboxylic acids is 2. The molecule has 0 atom stereocenters. The highest BCUT2D eigenvalue weighted by molar-refractivity contribution is 7.14. The number of hydrogen-bond donors (Lipinski definition) is 3. The third kappa shape index (κ3) is 6.52. The molecule has 0 aliphatic heterocycles. The van der Waals surface area contributed by atoms with E-state index in [1.807, 2.05) is 13.0 Å². The van der Waals surface area contributed by atoms with Gasteiger partial charge < -0.3 is 25.8 Å². The number of amides is 1. The van der Waals surface area contributed by atoms with Crippen molar-refractivity contribution < 1.29 is 19.5 Å². The number of carbonyl (C=O) groups is 2. The Kier molecular flexibility index (Phi) is 8.24. The van der Waals surface area contributed by atoms with Crippen LogP contribution in [0.4, 0.5) is 11.4 Å². The Hall–Kier alpha value is -2.62. The molecule has 152 valence electrons. The van der Waals surface area contributed by atoms with E-state index in [0.29, 0.717) is 18.0 Å². The predicted molar refractivity (Wildman–Crippen MR) is 109 cm³/mol. The highest BCUT2D eigenvalue weighted by Gasteiger charge is 2.14. The largest absolute Gasteiger partial charge is 0.733 e. The SMILES string of the molecule is CCCc1cc(C(=O)OCC(=O)NCCNc2ccc(N([O-])O)cc2)sc1C. The minimum absolute atomic E-state index is 0.128. The maximum atomic E-state index is 12.1. The molecule has 0 saturated carbocycles. The van der Waals surface area contributed by atoms with Crippen LogP contribution >= 0.6 is 11.3 Å². The highest BCUT2D eigenvalue weighted by atomic mass is 32.1. The maximum absolute atomic E-state index is 12.1. The lowest BCUT2D eigenvalue weighted by atomic mass is 10.1. The zero-order valence-electron chi connectivity index (χ0n) is 15.9. The molecule has 28 heavy (non-hydrogen) atoms. The summed E-state index contributed by atoms with van der Waals surface area (Å²) in [7, 11) is 0. The lowest BCUT2D eigenvalue weighted by molar-refractivity contribution is -0.124. The molecule has 1 aromatic heterocycles. The van der Waals surface area contributed by atoms with E-state index in [1.54, 1.807) is 12.1 Å². The van der Waals surface area contributed by atoms with E-state index in [0.717, 1.165) is 29.0 Å². The van der Waals surface area contributed by atoms with E-state index in [1.165, 1.54) is 23.5 Å². The van der Waals surface area contributed by atoms with Gasteiger partial charge in [0.2, 0.25) is 0 Å². The molecular weight excluding hydrogens is 382 g/mol. The molecule has 1 heterocycles. The molecule has 1 amide bonds. The van der Waals surface area contributed by atoms with Crippen LogP contribution in [0.1, 0.15) is 33.5 Å². The summed E-state index contributed by atoms with van der Waals surface area (Å²) < 4.78 is 5.07. The molecule has 2 aromatic rings. The zero-order valence-corrected chi connectivity index (χ0v) is 16.7. The average molecular weight is 406 g/mol. The summed E-state index contributed by atoms with van der Waals surface area (Å²) in [6.07, 6.45) is 1.92. The van der Waals surface area contributed by atoms with Crippen molar-refractivity contribution >= 4 is 34.6 Å². The van der Waals surface area contributed by atoms with Gasteiger partial charge in [0.15, 0.2) is 6.61 Å². The Morgan fingerprint density at radius 3 is 2.61 bits per heavy atom. The summed E-state index contributed by atoms with van der Waals surface area (Å²) in [4.78, 5) is 25.5. The number of rotatable bonds is 10. The molecule has 0 saturated heterocycles. The van der Waals surface area contributed by atoms with Crippen LogP contribution in [0.5, 0.6) is 0 Å². The fraction of sp³-hybridized carbons (Fsp3) is 0.368. The molecule has 0 bridgehead atoms. The Morgan fingerprint density at radius 2 is 1.96 bits per heavy atom. The van der Waals surface area contributed by atoms with E-state index in [9.17, 15) is 14.8 Å². The Morgan fingerprint density at radius 1 is 1.25 bits per heavy atom. The summed E-state index contributed by atoms with van der Waals surface area (Å²) in [5.41, 5.74) is 2.01. The van der Waals surface area contributed by atoms with Crippen LogP contribution in [-0.4, -0.2) is 36.8 Å². The van der Waals surface area contributed by atoms with Gasteiger partial charge >= 0.3 is 5.97 Å². The van der Waals surface area contributed by atoms with Crippen LogP contribution in [0.25, 0.3) is 0 Å². The molecule has 0 fully saturated rings. The first-order valence-electron chi connectivity index (χ1n) is 8.94. The van der Waals surface area contributed by atoms with Gasteiger partial charge in [-0.3, -0.25) is 10.0 Å². The normalized spacial score (nSPS) is 10.4. The molecule has 0 aliphatic carbocycles. The van der Waals surface area contributed by atoms with Gasteiger partial charge in [0.05, 0.1) is 5.69 Å². The summed E-state index contributed by atoms with van der Waals surface area (Å²) in [6, 6.07) is 8.03.